The van der Waals surface area contributed by atoms with Crippen LogP contribution in [-0.2, 0) is 6.54 Å². The second-order valence-corrected chi connectivity index (χ2v) is 5.75. The second kappa shape index (κ2) is 4.80. The molecular weight excluding hydrogens is 224 g/mol. The van der Waals surface area contributed by atoms with Crippen LogP contribution in [0.15, 0.2) is 31.0 Å². The highest BCUT2D eigenvalue weighted by molar-refractivity contribution is 5.72. The zero-order valence-electron chi connectivity index (χ0n) is 11.2. The number of pyridine rings is 1. The van der Waals surface area contributed by atoms with Crippen LogP contribution in [-0.4, -0.2) is 14.5 Å². The molecule has 0 atom stereocenters. The maximum Gasteiger partial charge on any atom is 0.0950 e. The van der Waals surface area contributed by atoms with Gasteiger partial charge in [-0.25, -0.2) is 4.98 Å². The fraction of sp³-hybridized carbons (Fsp3) is 0.429. The maximum atomic E-state index is 5.98. The van der Waals surface area contributed by atoms with E-state index in [0.29, 0.717) is 5.41 Å². The van der Waals surface area contributed by atoms with E-state index in [9.17, 15) is 0 Å². The lowest BCUT2D eigenvalue weighted by molar-refractivity contribution is 0.351. The van der Waals surface area contributed by atoms with Gasteiger partial charge in [-0.1, -0.05) is 20.8 Å². The minimum atomic E-state index is 0.308. The van der Waals surface area contributed by atoms with E-state index in [1.807, 2.05) is 18.6 Å². The Kier molecular flexibility index (Phi) is 3.36. The molecule has 0 radical (unpaired) electrons. The van der Waals surface area contributed by atoms with Crippen LogP contribution in [0, 0.1) is 5.41 Å². The molecule has 2 aromatic heterocycles. The first-order valence-corrected chi connectivity index (χ1v) is 6.17. The van der Waals surface area contributed by atoms with Crippen molar-refractivity contribution in [2.45, 2.75) is 33.7 Å². The largest absolute Gasteiger partial charge is 0.398 e. The molecule has 2 N–H and O–H groups in total. The van der Waals surface area contributed by atoms with Gasteiger partial charge in [0.05, 0.1) is 18.2 Å². The van der Waals surface area contributed by atoms with Crippen LogP contribution < -0.4 is 5.73 Å². The van der Waals surface area contributed by atoms with Gasteiger partial charge in [-0.2, -0.15) is 0 Å². The third kappa shape index (κ3) is 2.88. The van der Waals surface area contributed by atoms with Crippen LogP contribution in [0.5, 0.6) is 0 Å². The number of hydrogen-bond donors (Lipinski definition) is 1. The summed E-state index contributed by atoms with van der Waals surface area (Å²) in [7, 11) is 0. The van der Waals surface area contributed by atoms with Crippen molar-refractivity contribution in [3.8, 4) is 11.3 Å². The van der Waals surface area contributed by atoms with Crippen molar-refractivity contribution in [1.82, 2.24) is 14.5 Å². The van der Waals surface area contributed by atoms with Crippen molar-refractivity contribution in [3.63, 3.8) is 0 Å². The average Bonchev–Trinajstić information content (AvgIpc) is 2.74. The topological polar surface area (TPSA) is 56.7 Å². The van der Waals surface area contributed by atoms with Gasteiger partial charge in [0, 0.05) is 30.2 Å². The van der Waals surface area contributed by atoms with Crippen molar-refractivity contribution in [1.29, 1.82) is 0 Å². The second-order valence-electron chi connectivity index (χ2n) is 5.75. The van der Waals surface area contributed by atoms with Crippen LogP contribution in [0.3, 0.4) is 0 Å². The fourth-order valence-corrected chi connectivity index (χ4v) is 1.80. The van der Waals surface area contributed by atoms with Gasteiger partial charge in [-0.15, -0.1) is 0 Å². The van der Waals surface area contributed by atoms with E-state index in [1.165, 1.54) is 0 Å². The molecule has 0 aliphatic carbocycles. The van der Waals surface area contributed by atoms with E-state index >= 15 is 0 Å². The highest BCUT2D eigenvalue weighted by atomic mass is 15.0. The van der Waals surface area contributed by atoms with E-state index in [1.54, 1.807) is 12.4 Å². The molecule has 0 aliphatic rings. The van der Waals surface area contributed by atoms with Gasteiger partial charge in [0.2, 0.25) is 0 Å². The molecule has 0 aromatic carbocycles. The number of aryl methyl sites for hydroxylation is 1. The van der Waals surface area contributed by atoms with Gasteiger partial charge in [-0.3, -0.25) is 4.98 Å². The Bertz CT molecular complexity index is 523. The summed E-state index contributed by atoms with van der Waals surface area (Å²) >= 11 is 0. The molecule has 0 unspecified atom stereocenters. The summed E-state index contributed by atoms with van der Waals surface area (Å²) in [5, 5.41) is 0. The van der Waals surface area contributed by atoms with E-state index in [2.05, 4.69) is 35.3 Å². The molecule has 4 nitrogen and oxygen atoms in total. The number of nitrogens with two attached hydrogens (primary N) is 1. The maximum absolute atomic E-state index is 5.98. The van der Waals surface area contributed by atoms with Gasteiger partial charge in [0.1, 0.15) is 0 Å². The predicted molar refractivity (Wildman–Crippen MR) is 73.9 cm³/mol. The smallest absolute Gasteiger partial charge is 0.0950 e. The highest BCUT2D eigenvalue weighted by Crippen LogP contribution is 2.26. The minimum Gasteiger partial charge on any atom is -0.398 e. The molecular formula is C14H20N4. The number of nitrogens with zero attached hydrogens (tertiary/aromatic N) is 3. The molecule has 0 bridgehead atoms. The van der Waals surface area contributed by atoms with Crippen molar-refractivity contribution in [2.24, 2.45) is 5.41 Å². The van der Waals surface area contributed by atoms with E-state index < -0.39 is 0 Å². The van der Waals surface area contributed by atoms with Crippen LogP contribution in [0.2, 0.25) is 0 Å². The Labute approximate surface area is 108 Å². The monoisotopic (exact) mass is 244 g/mol. The van der Waals surface area contributed by atoms with Crippen LogP contribution in [0.1, 0.15) is 27.2 Å². The van der Waals surface area contributed by atoms with Gasteiger partial charge in [-0.05, 0) is 17.9 Å². The summed E-state index contributed by atoms with van der Waals surface area (Å²) in [6.07, 6.45) is 8.29. The van der Waals surface area contributed by atoms with Crippen LogP contribution >= 0.6 is 0 Å². The number of aromatic nitrogens is 3. The number of anilines is 1. The number of imidazole rings is 1. The Morgan fingerprint density at radius 1 is 1.22 bits per heavy atom. The van der Waals surface area contributed by atoms with Gasteiger partial charge < -0.3 is 10.3 Å². The molecule has 4 heteroatoms. The molecule has 0 spiro atoms. The first-order valence-electron chi connectivity index (χ1n) is 6.17. The van der Waals surface area contributed by atoms with E-state index in [0.717, 1.165) is 29.9 Å². The minimum absolute atomic E-state index is 0.308. The van der Waals surface area contributed by atoms with Gasteiger partial charge >= 0.3 is 0 Å². The van der Waals surface area contributed by atoms with Crippen molar-refractivity contribution >= 4 is 5.69 Å². The van der Waals surface area contributed by atoms with Crippen LogP contribution in [0.25, 0.3) is 11.3 Å². The van der Waals surface area contributed by atoms with Crippen molar-refractivity contribution in [3.05, 3.63) is 31.0 Å². The molecule has 2 rings (SSSR count). The van der Waals surface area contributed by atoms with Gasteiger partial charge in [0.15, 0.2) is 0 Å². The normalized spacial score (nSPS) is 11.7. The summed E-state index contributed by atoms with van der Waals surface area (Å²) < 4.78 is 2.14. The number of nitrogen functional groups attached to an aromatic ring is 1. The summed E-state index contributed by atoms with van der Waals surface area (Å²) in [4.78, 5) is 8.35. The average molecular weight is 244 g/mol. The summed E-state index contributed by atoms with van der Waals surface area (Å²) in [5.41, 5.74) is 9.01. The van der Waals surface area contributed by atoms with Crippen molar-refractivity contribution < 1.29 is 0 Å². The SMILES string of the molecule is CC(C)(C)CCn1cncc1-c1cnccc1N. The predicted octanol–water partition coefficient (Wildman–Crippen LogP) is 2.96. The van der Waals surface area contributed by atoms with Crippen molar-refractivity contribution in [2.75, 3.05) is 5.73 Å². The Morgan fingerprint density at radius 2 is 2.00 bits per heavy atom. The lowest BCUT2D eigenvalue weighted by Crippen LogP contribution is -2.10. The summed E-state index contributed by atoms with van der Waals surface area (Å²) in [5.74, 6) is 0. The highest BCUT2D eigenvalue weighted by Gasteiger charge is 2.13. The Balaban J connectivity index is 2.26. The molecule has 96 valence electrons. The third-order valence-corrected chi connectivity index (χ3v) is 2.95. The summed E-state index contributed by atoms with van der Waals surface area (Å²) in [6.45, 7) is 7.65. The lowest BCUT2D eigenvalue weighted by atomic mass is 9.92. The third-order valence-electron chi connectivity index (χ3n) is 2.95. The molecule has 2 heterocycles. The zero-order valence-corrected chi connectivity index (χ0v) is 11.2. The van der Waals surface area contributed by atoms with Gasteiger partial charge in [0.25, 0.3) is 0 Å². The standard InChI is InChI=1S/C14H20N4/c1-14(2,3)5-7-18-10-17-9-13(18)11-8-16-6-4-12(11)15/h4,6,8-10H,5,7H2,1-3H3,(H2,15,16). The number of rotatable bonds is 3. The first kappa shape index (κ1) is 12.6. The Morgan fingerprint density at radius 3 is 2.67 bits per heavy atom. The summed E-state index contributed by atoms with van der Waals surface area (Å²) in [6, 6.07) is 1.82. The van der Waals surface area contributed by atoms with Crippen LogP contribution in [0.4, 0.5) is 5.69 Å². The zero-order chi connectivity index (χ0) is 13.2. The Hall–Kier alpha value is -1.84. The van der Waals surface area contributed by atoms with E-state index in [-0.39, 0.29) is 0 Å². The van der Waals surface area contributed by atoms with E-state index in [4.69, 9.17) is 5.73 Å². The number of hydrogen-bond acceptors (Lipinski definition) is 3. The molecule has 2 aromatic rings. The fourth-order valence-electron chi connectivity index (χ4n) is 1.80. The quantitative estimate of drug-likeness (QED) is 0.903. The first-order chi connectivity index (χ1) is 8.47. The molecule has 0 saturated heterocycles. The molecule has 18 heavy (non-hydrogen) atoms. The molecule has 0 saturated carbocycles. The lowest BCUT2D eigenvalue weighted by Gasteiger charge is -2.19. The molecule has 0 amide bonds. The molecule has 0 fully saturated rings. The molecule has 0 aliphatic heterocycles.